The summed E-state index contributed by atoms with van der Waals surface area (Å²) in [5, 5.41) is 5.82. The van der Waals surface area contributed by atoms with Crippen LogP contribution < -0.4 is 16.4 Å². The van der Waals surface area contributed by atoms with Crippen LogP contribution in [0.4, 0.5) is 11.4 Å². The van der Waals surface area contributed by atoms with E-state index in [9.17, 15) is 14.4 Å². The maximum atomic E-state index is 12.3. The lowest BCUT2D eigenvalue weighted by atomic mass is 10.1. The van der Waals surface area contributed by atoms with Crippen LogP contribution in [-0.2, 0) is 9.59 Å². The molecule has 0 aliphatic carbocycles. The quantitative estimate of drug-likeness (QED) is 0.425. The molecule has 1 heterocycles. The summed E-state index contributed by atoms with van der Waals surface area (Å²) in [4.78, 5) is 40.6. The van der Waals surface area contributed by atoms with Crippen LogP contribution in [-0.4, -0.2) is 22.7 Å². The fourth-order valence-corrected chi connectivity index (χ4v) is 4.09. The standard InChI is InChI=1S/C23H18N4O3S/c1-13-6-11-18-19(12-13)31-23(27-18)14-7-9-15(10-8-14)25-21(29)22(30)26-17-5-3-2-4-16(17)20(24)28/h2-12H,1H3,(H2,24,28)(H,25,29)(H,26,30). The van der Waals surface area contributed by atoms with Crippen molar-refractivity contribution in [3.63, 3.8) is 0 Å². The molecule has 0 unspecified atom stereocenters. The first-order valence-corrected chi connectivity index (χ1v) is 10.2. The Hall–Kier alpha value is -4.04. The molecule has 0 aliphatic heterocycles. The molecule has 4 rings (SSSR count). The van der Waals surface area contributed by atoms with Gasteiger partial charge in [0.15, 0.2) is 0 Å². The highest BCUT2D eigenvalue weighted by molar-refractivity contribution is 7.21. The normalized spacial score (nSPS) is 10.6. The topological polar surface area (TPSA) is 114 Å². The maximum absolute atomic E-state index is 12.3. The number of aryl methyl sites for hydroxylation is 1. The van der Waals surface area contributed by atoms with Crippen LogP contribution in [0.1, 0.15) is 15.9 Å². The number of hydrogen-bond donors (Lipinski definition) is 3. The number of fused-ring (bicyclic) bond motifs is 1. The molecule has 8 heteroatoms. The molecule has 7 nitrogen and oxygen atoms in total. The first-order valence-electron chi connectivity index (χ1n) is 9.39. The third-order valence-corrected chi connectivity index (χ3v) is 5.65. The lowest BCUT2D eigenvalue weighted by molar-refractivity contribution is -0.133. The molecule has 0 fully saturated rings. The van der Waals surface area contributed by atoms with E-state index in [1.165, 1.54) is 17.7 Å². The van der Waals surface area contributed by atoms with Crippen LogP contribution in [0.25, 0.3) is 20.8 Å². The van der Waals surface area contributed by atoms with E-state index in [1.807, 2.05) is 31.2 Å². The van der Waals surface area contributed by atoms with E-state index in [-0.39, 0.29) is 11.3 Å². The number of primary amides is 1. The maximum Gasteiger partial charge on any atom is 0.314 e. The molecule has 1 aromatic heterocycles. The number of aromatic nitrogens is 1. The summed E-state index contributed by atoms with van der Waals surface area (Å²) < 4.78 is 1.11. The molecule has 0 saturated heterocycles. The molecular formula is C23H18N4O3S. The summed E-state index contributed by atoms with van der Waals surface area (Å²) in [6.45, 7) is 2.04. The Morgan fingerprint density at radius 3 is 2.35 bits per heavy atom. The number of nitrogens with two attached hydrogens (primary N) is 1. The van der Waals surface area contributed by atoms with Gasteiger partial charge in [-0.3, -0.25) is 14.4 Å². The largest absolute Gasteiger partial charge is 0.366 e. The van der Waals surface area contributed by atoms with Gasteiger partial charge in [0.25, 0.3) is 5.91 Å². The third kappa shape index (κ3) is 4.44. The second-order valence-electron chi connectivity index (χ2n) is 6.89. The van der Waals surface area contributed by atoms with Gasteiger partial charge in [0, 0.05) is 11.3 Å². The van der Waals surface area contributed by atoms with Crippen LogP contribution in [0, 0.1) is 6.92 Å². The number of carbonyl (C=O) groups excluding carboxylic acids is 3. The van der Waals surface area contributed by atoms with E-state index in [1.54, 1.807) is 35.6 Å². The number of hydrogen-bond acceptors (Lipinski definition) is 5. The van der Waals surface area contributed by atoms with Crippen molar-refractivity contribution in [2.24, 2.45) is 5.73 Å². The van der Waals surface area contributed by atoms with E-state index in [0.717, 1.165) is 20.8 Å². The van der Waals surface area contributed by atoms with Gasteiger partial charge in [-0.2, -0.15) is 0 Å². The van der Waals surface area contributed by atoms with E-state index in [4.69, 9.17) is 5.73 Å². The first kappa shape index (κ1) is 20.2. The molecule has 154 valence electrons. The number of carbonyl (C=O) groups is 3. The first-order chi connectivity index (χ1) is 14.9. The number of para-hydroxylation sites is 1. The van der Waals surface area contributed by atoms with Crippen molar-refractivity contribution in [1.82, 2.24) is 4.98 Å². The average molecular weight is 430 g/mol. The minimum atomic E-state index is -0.903. The zero-order valence-electron chi connectivity index (χ0n) is 16.5. The number of anilines is 2. The monoisotopic (exact) mass is 430 g/mol. The fraction of sp³-hybridized carbons (Fsp3) is 0.0435. The van der Waals surface area contributed by atoms with Crippen molar-refractivity contribution in [3.05, 3.63) is 77.9 Å². The molecule has 4 N–H and O–H groups in total. The Kier molecular flexibility index (Phi) is 5.46. The van der Waals surface area contributed by atoms with Gasteiger partial charge in [-0.05, 0) is 61.0 Å². The fourth-order valence-electron chi connectivity index (χ4n) is 3.03. The van der Waals surface area contributed by atoms with Gasteiger partial charge in [0.2, 0.25) is 0 Å². The van der Waals surface area contributed by atoms with E-state index >= 15 is 0 Å². The summed E-state index contributed by atoms with van der Waals surface area (Å²) in [5.74, 6) is -2.46. The Morgan fingerprint density at radius 2 is 1.61 bits per heavy atom. The highest BCUT2D eigenvalue weighted by Crippen LogP contribution is 2.31. The van der Waals surface area contributed by atoms with E-state index in [2.05, 4.69) is 21.7 Å². The van der Waals surface area contributed by atoms with Gasteiger partial charge in [-0.15, -0.1) is 11.3 Å². The molecule has 0 radical (unpaired) electrons. The molecular weight excluding hydrogens is 412 g/mol. The Balaban J connectivity index is 1.45. The van der Waals surface area contributed by atoms with Gasteiger partial charge in [0.1, 0.15) is 5.01 Å². The highest BCUT2D eigenvalue weighted by Gasteiger charge is 2.17. The Bertz CT molecular complexity index is 1310. The summed E-state index contributed by atoms with van der Waals surface area (Å²) in [7, 11) is 0. The zero-order chi connectivity index (χ0) is 22.0. The number of benzene rings is 3. The summed E-state index contributed by atoms with van der Waals surface area (Å²) >= 11 is 1.59. The van der Waals surface area contributed by atoms with Crippen molar-refractivity contribution < 1.29 is 14.4 Å². The number of rotatable bonds is 4. The highest BCUT2D eigenvalue weighted by atomic mass is 32.1. The summed E-state index contributed by atoms with van der Waals surface area (Å²) in [5.41, 5.74) is 9.09. The van der Waals surface area contributed by atoms with Crippen molar-refractivity contribution in [2.75, 3.05) is 10.6 Å². The Labute approximate surface area is 181 Å². The van der Waals surface area contributed by atoms with Crippen molar-refractivity contribution in [2.45, 2.75) is 6.92 Å². The molecule has 0 saturated carbocycles. The third-order valence-electron chi connectivity index (χ3n) is 4.58. The van der Waals surface area contributed by atoms with Crippen molar-refractivity contribution >= 4 is 50.6 Å². The molecule has 3 aromatic carbocycles. The van der Waals surface area contributed by atoms with Gasteiger partial charge in [0.05, 0.1) is 21.5 Å². The SMILES string of the molecule is Cc1ccc2nc(-c3ccc(NC(=O)C(=O)Nc4ccccc4C(N)=O)cc3)sc2c1. The van der Waals surface area contributed by atoms with Crippen LogP contribution in [0.15, 0.2) is 66.7 Å². The lowest BCUT2D eigenvalue weighted by Crippen LogP contribution is -2.30. The van der Waals surface area contributed by atoms with Crippen LogP contribution in [0.5, 0.6) is 0 Å². The van der Waals surface area contributed by atoms with Crippen LogP contribution in [0.2, 0.25) is 0 Å². The minimum Gasteiger partial charge on any atom is -0.366 e. The summed E-state index contributed by atoms with van der Waals surface area (Å²) in [6.07, 6.45) is 0. The zero-order valence-corrected chi connectivity index (χ0v) is 17.3. The van der Waals surface area contributed by atoms with Crippen molar-refractivity contribution in [3.8, 4) is 10.6 Å². The molecule has 0 spiro atoms. The number of thiazole rings is 1. The van der Waals surface area contributed by atoms with Gasteiger partial charge in [-0.25, -0.2) is 4.98 Å². The van der Waals surface area contributed by atoms with Gasteiger partial charge in [-0.1, -0.05) is 18.2 Å². The van der Waals surface area contributed by atoms with Crippen molar-refractivity contribution in [1.29, 1.82) is 0 Å². The number of amides is 3. The van der Waals surface area contributed by atoms with Crippen LogP contribution in [0.3, 0.4) is 0 Å². The smallest absolute Gasteiger partial charge is 0.314 e. The minimum absolute atomic E-state index is 0.124. The van der Waals surface area contributed by atoms with Crippen LogP contribution >= 0.6 is 11.3 Å². The predicted molar refractivity (Wildman–Crippen MR) is 122 cm³/mol. The molecule has 4 aromatic rings. The molecule has 31 heavy (non-hydrogen) atoms. The molecule has 3 amide bonds. The average Bonchev–Trinajstić information content (AvgIpc) is 3.17. The van der Waals surface area contributed by atoms with E-state index in [0.29, 0.717) is 5.69 Å². The summed E-state index contributed by atoms with van der Waals surface area (Å²) in [6, 6.07) is 19.4. The molecule has 0 atom stereocenters. The van der Waals surface area contributed by atoms with Gasteiger partial charge >= 0.3 is 11.8 Å². The molecule has 0 bridgehead atoms. The predicted octanol–water partition coefficient (Wildman–Crippen LogP) is 3.95. The second kappa shape index (κ2) is 8.37. The Morgan fingerprint density at radius 1 is 0.903 bits per heavy atom. The lowest BCUT2D eigenvalue weighted by Gasteiger charge is -2.09. The number of nitrogens with zero attached hydrogens (tertiary/aromatic N) is 1. The second-order valence-corrected chi connectivity index (χ2v) is 7.92. The molecule has 0 aliphatic rings. The number of nitrogens with one attached hydrogen (secondary N) is 2. The van der Waals surface area contributed by atoms with E-state index < -0.39 is 17.7 Å². The van der Waals surface area contributed by atoms with Gasteiger partial charge < -0.3 is 16.4 Å².